The maximum absolute atomic E-state index is 13.1. The number of nitrogens with one attached hydrogen (secondary N) is 2. The summed E-state index contributed by atoms with van der Waals surface area (Å²) in [6.07, 6.45) is -1.43. The second-order valence-electron chi connectivity index (χ2n) is 7.10. The van der Waals surface area contributed by atoms with Gasteiger partial charge in [0.25, 0.3) is 15.9 Å². The Morgan fingerprint density at radius 3 is 2.12 bits per heavy atom. The first-order valence-electron chi connectivity index (χ1n) is 10.2. The van der Waals surface area contributed by atoms with E-state index in [0.29, 0.717) is 11.3 Å². The Kier molecular flexibility index (Phi) is 7.64. The van der Waals surface area contributed by atoms with Gasteiger partial charge >= 0.3 is 12.0 Å². The van der Waals surface area contributed by atoms with E-state index in [4.69, 9.17) is 4.74 Å². The molecule has 2 N–H and O–H groups in total. The molecule has 0 saturated heterocycles. The topological polar surface area (TPSA) is 122 Å². The molecule has 3 aromatic rings. The summed E-state index contributed by atoms with van der Waals surface area (Å²) in [4.78, 5) is 37.0. The molecule has 3 amide bonds. The van der Waals surface area contributed by atoms with Crippen LogP contribution in [-0.4, -0.2) is 40.4 Å². The molecule has 0 bridgehead atoms. The third-order valence-electron chi connectivity index (χ3n) is 4.88. The number of carbonyl (C=O) groups is 3. The fourth-order valence-corrected chi connectivity index (χ4v) is 4.28. The number of sulfonamides is 1. The normalized spacial score (nSPS) is 11.7. The second kappa shape index (κ2) is 10.6. The summed E-state index contributed by atoms with van der Waals surface area (Å²) in [5.74, 6) is -1.79. The number of carbonyl (C=O) groups excluding carboxylic acids is 3. The van der Waals surface area contributed by atoms with Crippen LogP contribution in [-0.2, 0) is 19.6 Å². The van der Waals surface area contributed by atoms with Crippen LogP contribution in [0, 0.1) is 0 Å². The van der Waals surface area contributed by atoms with Gasteiger partial charge in [0, 0.05) is 19.7 Å². The molecule has 1 atom stereocenters. The van der Waals surface area contributed by atoms with Crippen LogP contribution in [0.2, 0.25) is 0 Å². The molecule has 0 radical (unpaired) electrons. The Hall–Kier alpha value is -4.18. The number of amides is 3. The van der Waals surface area contributed by atoms with Gasteiger partial charge in [-0.05, 0) is 30.3 Å². The maximum atomic E-state index is 13.1. The lowest BCUT2D eigenvalue weighted by atomic mass is 10.1. The van der Waals surface area contributed by atoms with Crippen LogP contribution in [0.25, 0.3) is 0 Å². The van der Waals surface area contributed by atoms with Crippen LogP contribution in [0.3, 0.4) is 0 Å². The van der Waals surface area contributed by atoms with Gasteiger partial charge in [0.05, 0.1) is 16.1 Å². The highest BCUT2D eigenvalue weighted by Crippen LogP contribution is 2.24. The Morgan fingerprint density at radius 1 is 0.882 bits per heavy atom. The Labute approximate surface area is 197 Å². The number of benzene rings is 3. The zero-order valence-corrected chi connectivity index (χ0v) is 19.3. The molecule has 176 valence electrons. The molecule has 0 fully saturated rings. The number of rotatable bonds is 7. The van der Waals surface area contributed by atoms with Crippen LogP contribution >= 0.6 is 0 Å². The fraction of sp³-hybridized carbons (Fsp3) is 0.125. The number of ether oxygens (including phenoxy) is 1. The van der Waals surface area contributed by atoms with Crippen LogP contribution in [0.5, 0.6) is 0 Å². The molecule has 0 aromatic heterocycles. The zero-order chi connectivity index (χ0) is 24.7. The van der Waals surface area contributed by atoms with Crippen molar-refractivity contribution in [2.75, 3.05) is 18.4 Å². The summed E-state index contributed by atoms with van der Waals surface area (Å²) in [6, 6.07) is 21.2. The van der Waals surface area contributed by atoms with E-state index >= 15 is 0 Å². The molecule has 9 nitrogen and oxygen atoms in total. The summed E-state index contributed by atoms with van der Waals surface area (Å²) < 4.78 is 32.7. The number of anilines is 1. The van der Waals surface area contributed by atoms with E-state index in [2.05, 4.69) is 10.6 Å². The van der Waals surface area contributed by atoms with E-state index in [-0.39, 0.29) is 10.5 Å². The SMILES string of the molecule is CNC(=O)NC(=O)[C@H](OC(=O)c1cccc(S(=O)(=O)N(C)c2ccccc2)c1)c1ccccc1. The first-order chi connectivity index (χ1) is 16.2. The highest BCUT2D eigenvalue weighted by Gasteiger charge is 2.28. The smallest absolute Gasteiger partial charge is 0.339 e. The van der Waals surface area contributed by atoms with Crippen LogP contribution in [0.15, 0.2) is 89.8 Å². The van der Waals surface area contributed by atoms with Crippen LogP contribution in [0.1, 0.15) is 22.0 Å². The van der Waals surface area contributed by atoms with Gasteiger partial charge in [0.2, 0.25) is 6.10 Å². The quantitative estimate of drug-likeness (QED) is 0.501. The van der Waals surface area contributed by atoms with Gasteiger partial charge in [0.1, 0.15) is 0 Å². The zero-order valence-electron chi connectivity index (χ0n) is 18.5. The van der Waals surface area contributed by atoms with Crippen LogP contribution in [0.4, 0.5) is 10.5 Å². The van der Waals surface area contributed by atoms with Crippen molar-refractivity contribution in [3.8, 4) is 0 Å². The minimum atomic E-state index is -3.97. The number of esters is 1. The average molecular weight is 482 g/mol. The molecule has 10 heteroatoms. The van der Waals surface area contributed by atoms with E-state index in [9.17, 15) is 22.8 Å². The predicted molar refractivity (Wildman–Crippen MR) is 126 cm³/mol. The summed E-state index contributed by atoms with van der Waals surface area (Å²) in [6.45, 7) is 0. The first kappa shape index (κ1) is 24.5. The predicted octanol–water partition coefficient (Wildman–Crippen LogP) is 2.87. The van der Waals surface area contributed by atoms with Crippen molar-refractivity contribution in [3.05, 3.63) is 96.1 Å². The number of nitrogens with zero attached hydrogens (tertiary/aromatic N) is 1. The first-order valence-corrected chi connectivity index (χ1v) is 11.6. The average Bonchev–Trinajstić information content (AvgIpc) is 2.87. The molecule has 0 aliphatic carbocycles. The van der Waals surface area contributed by atoms with Gasteiger partial charge in [0.15, 0.2) is 0 Å². The van der Waals surface area contributed by atoms with Crippen molar-refractivity contribution in [1.82, 2.24) is 10.6 Å². The molecule has 0 aliphatic rings. The van der Waals surface area contributed by atoms with Crippen molar-refractivity contribution in [2.24, 2.45) is 0 Å². The second-order valence-corrected chi connectivity index (χ2v) is 9.07. The number of urea groups is 1. The summed E-state index contributed by atoms with van der Waals surface area (Å²) in [5, 5.41) is 4.34. The van der Waals surface area contributed by atoms with E-state index in [0.717, 1.165) is 4.31 Å². The molecule has 3 rings (SSSR count). The molecule has 0 saturated carbocycles. The molecule has 0 spiro atoms. The third kappa shape index (κ3) is 5.59. The fourth-order valence-electron chi connectivity index (χ4n) is 3.03. The van der Waals surface area contributed by atoms with Crippen molar-refractivity contribution in [3.63, 3.8) is 0 Å². The molecular weight excluding hydrogens is 458 g/mol. The number of hydrogen-bond donors (Lipinski definition) is 2. The monoisotopic (exact) mass is 481 g/mol. The van der Waals surface area contributed by atoms with Crippen molar-refractivity contribution >= 4 is 33.6 Å². The maximum Gasteiger partial charge on any atom is 0.339 e. The molecule has 0 heterocycles. The largest absolute Gasteiger partial charge is 0.444 e. The third-order valence-corrected chi connectivity index (χ3v) is 6.66. The number of imide groups is 1. The Bertz CT molecular complexity index is 1280. The number of para-hydroxylation sites is 1. The van der Waals surface area contributed by atoms with Gasteiger partial charge in [-0.3, -0.25) is 14.4 Å². The van der Waals surface area contributed by atoms with E-state index < -0.39 is 34.0 Å². The standard InChI is InChI=1S/C24H23N3O6S/c1-25-24(30)26-22(28)21(17-10-5-3-6-11-17)33-23(29)18-12-9-15-20(16-18)34(31,32)27(2)19-13-7-4-8-14-19/h3-16,21H,1-2H3,(H2,25,26,28,30)/t21-/m1/s1. The van der Waals surface area contributed by atoms with Crippen molar-refractivity contribution in [1.29, 1.82) is 0 Å². The minimum Gasteiger partial charge on any atom is -0.444 e. The van der Waals surface area contributed by atoms with Gasteiger partial charge in [-0.1, -0.05) is 54.6 Å². The lowest BCUT2D eigenvalue weighted by molar-refractivity contribution is -0.129. The lowest BCUT2D eigenvalue weighted by Gasteiger charge is -2.20. The Balaban J connectivity index is 1.88. The summed E-state index contributed by atoms with van der Waals surface area (Å²) in [7, 11) is -1.23. The summed E-state index contributed by atoms with van der Waals surface area (Å²) >= 11 is 0. The van der Waals surface area contributed by atoms with Gasteiger partial charge in [-0.15, -0.1) is 0 Å². The molecule has 0 aliphatic heterocycles. The highest BCUT2D eigenvalue weighted by molar-refractivity contribution is 7.92. The lowest BCUT2D eigenvalue weighted by Crippen LogP contribution is -2.41. The number of hydrogen-bond acceptors (Lipinski definition) is 6. The summed E-state index contributed by atoms with van der Waals surface area (Å²) in [5.41, 5.74) is 0.714. The highest BCUT2D eigenvalue weighted by atomic mass is 32.2. The molecule has 3 aromatic carbocycles. The van der Waals surface area contributed by atoms with Crippen molar-refractivity contribution < 1.29 is 27.5 Å². The van der Waals surface area contributed by atoms with Crippen molar-refractivity contribution in [2.45, 2.75) is 11.0 Å². The van der Waals surface area contributed by atoms with Gasteiger partial charge in [-0.25, -0.2) is 18.0 Å². The molecule has 34 heavy (non-hydrogen) atoms. The van der Waals surface area contributed by atoms with Gasteiger partial charge < -0.3 is 10.1 Å². The van der Waals surface area contributed by atoms with Crippen LogP contribution < -0.4 is 14.9 Å². The van der Waals surface area contributed by atoms with E-state index in [1.807, 2.05) is 0 Å². The molecule has 0 unspecified atom stereocenters. The van der Waals surface area contributed by atoms with E-state index in [1.165, 1.54) is 38.4 Å². The van der Waals surface area contributed by atoms with E-state index in [1.54, 1.807) is 60.7 Å². The van der Waals surface area contributed by atoms with Gasteiger partial charge in [-0.2, -0.15) is 0 Å². The molecular formula is C24H23N3O6S. The minimum absolute atomic E-state index is 0.0730. The Morgan fingerprint density at radius 2 is 1.50 bits per heavy atom.